The van der Waals surface area contributed by atoms with E-state index >= 15 is 0 Å². The minimum absolute atomic E-state index is 0.00311. The summed E-state index contributed by atoms with van der Waals surface area (Å²) in [7, 11) is -3.57. The van der Waals surface area contributed by atoms with Gasteiger partial charge in [0.05, 0.1) is 4.90 Å². The Kier molecular flexibility index (Phi) is 4.33. The summed E-state index contributed by atoms with van der Waals surface area (Å²) in [5, 5.41) is 0.351. The Morgan fingerprint density at radius 1 is 1.25 bits per heavy atom. The molecule has 20 heavy (non-hydrogen) atoms. The summed E-state index contributed by atoms with van der Waals surface area (Å²) in [6, 6.07) is 3.09. The standard InChI is InChI=1S/C14H21ClN2O2S/c1-9-5-4-6-10(2)17(9)20(18,19)14-8-12(15)7-13(16)11(14)3/h7-10H,4-6,16H2,1-3H3. The van der Waals surface area contributed by atoms with Crippen LogP contribution in [0.5, 0.6) is 0 Å². The fourth-order valence-electron chi connectivity index (χ4n) is 2.93. The number of halogens is 1. The van der Waals surface area contributed by atoms with Crippen LogP contribution in [0.2, 0.25) is 5.02 Å². The third-order valence-corrected chi connectivity index (χ3v) is 6.51. The largest absolute Gasteiger partial charge is 0.398 e. The zero-order valence-electron chi connectivity index (χ0n) is 12.1. The monoisotopic (exact) mass is 316 g/mol. The van der Waals surface area contributed by atoms with Crippen LogP contribution in [0.4, 0.5) is 5.69 Å². The van der Waals surface area contributed by atoms with Crippen molar-refractivity contribution >= 4 is 27.3 Å². The van der Waals surface area contributed by atoms with E-state index in [1.54, 1.807) is 17.3 Å². The lowest BCUT2D eigenvalue weighted by Gasteiger charge is -2.38. The lowest BCUT2D eigenvalue weighted by molar-refractivity contribution is 0.204. The molecular formula is C14H21ClN2O2S. The number of piperidine rings is 1. The molecule has 2 N–H and O–H groups in total. The van der Waals surface area contributed by atoms with E-state index < -0.39 is 10.0 Å². The van der Waals surface area contributed by atoms with Gasteiger partial charge in [-0.2, -0.15) is 4.31 Å². The Balaban J connectivity index is 2.55. The smallest absolute Gasteiger partial charge is 0.243 e. The molecule has 112 valence electrons. The average molecular weight is 317 g/mol. The van der Waals surface area contributed by atoms with Crippen molar-refractivity contribution in [2.45, 2.75) is 57.0 Å². The summed E-state index contributed by atoms with van der Waals surface area (Å²) in [4.78, 5) is 0.225. The van der Waals surface area contributed by atoms with Crippen molar-refractivity contribution in [3.05, 3.63) is 22.7 Å². The summed E-state index contributed by atoms with van der Waals surface area (Å²) < 4.78 is 27.5. The quantitative estimate of drug-likeness (QED) is 0.852. The van der Waals surface area contributed by atoms with Crippen molar-refractivity contribution in [1.82, 2.24) is 4.31 Å². The van der Waals surface area contributed by atoms with Crippen molar-refractivity contribution in [2.75, 3.05) is 5.73 Å². The third-order valence-electron chi connectivity index (χ3n) is 4.03. The Bertz CT molecular complexity index is 606. The molecule has 2 rings (SSSR count). The van der Waals surface area contributed by atoms with E-state index in [0.717, 1.165) is 19.3 Å². The van der Waals surface area contributed by atoms with E-state index in [0.29, 0.717) is 16.3 Å². The lowest BCUT2D eigenvalue weighted by atomic mass is 10.0. The molecule has 6 heteroatoms. The van der Waals surface area contributed by atoms with E-state index in [1.807, 2.05) is 13.8 Å². The summed E-state index contributed by atoms with van der Waals surface area (Å²) in [5.41, 5.74) is 6.83. The number of sulfonamides is 1. The van der Waals surface area contributed by atoms with Crippen LogP contribution in [0.15, 0.2) is 17.0 Å². The molecule has 1 aliphatic heterocycles. The van der Waals surface area contributed by atoms with Crippen LogP contribution in [0.1, 0.15) is 38.7 Å². The molecule has 1 saturated heterocycles. The molecule has 2 atom stereocenters. The first-order valence-corrected chi connectivity index (χ1v) is 8.66. The molecule has 4 nitrogen and oxygen atoms in total. The van der Waals surface area contributed by atoms with Crippen molar-refractivity contribution in [3.8, 4) is 0 Å². The predicted octanol–water partition coefficient (Wildman–Crippen LogP) is 3.18. The average Bonchev–Trinajstić information content (AvgIpc) is 2.33. The molecule has 2 unspecified atom stereocenters. The normalized spacial score (nSPS) is 24.8. The van der Waals surface area contributed by atoms with Crippen LogP contribution in [0.3, 0.4) is 0 Å². The molecule has 1 fully saturated rings. The number of hydrogen-bond acceptors (Lipinski definition) is 3. The maximum atomic E-state index is 12.9. The van der Waals surface area contributed by atoms with E-state index in [-0.39, 0.29) is 17.0 Å². The first kappa shape index (κ1) is 15.6. The number of benzene rings is 1. The van der Waals surface area contributed by atoms with Crippen LogP contribution >= 0.6 is 11.6 Å². The van der Waals surface area contributed by atoms with Gasteiger partial charge in [0.2, 0.25) is 10.0 Å². The van der Waals surface area contributed by atoms with Crippen LogP contribution in [0.25, 0.3) is 0 Å². The van der Waals surface area contributed by atoms with Crippen LogP contribution in [-0.2, 0) is 10.0 Å². The second kappa shape index (κ2) is 5.54. The van der Waals surface area contributed by atoms with Crippen LogP contribution in [0, 0.1) is 6.92 Å². The molecule has 0 saturated carbocycles. The highest BCUT2D eigenvalue weighted by molar-refractivity contribution is 7.89. The number of anilines is 1. The number of nitrogen functional groups attached to an aromatic ring is 1. The van der Waals surface area contributed by atoms with Gasteiger partial charge in [0, 0.05) is 22.8 Å². The fraction of sp³-hybridized carbons (Fsp3) is 0.571. The molecule has 0 aliphatic carbocycles. The molecule has 0 spiro atoms. The van der Waals surface area contributed by atoms with E-state index in [4.69, 9.17) is 17.3 Å². The number of rotatable bonds is 2. The van der Waals surface area contributed by atoms with Crippen molar-refractivity contribution in [2.24, 2.45) is 0 Å². The maximum Gasteiger partial charge on any atom is 0.243 e. The van der Waals surface area contributed by atoms with Gasteiger partial charge in [-0.15, -0.1) is 0 Å². The Morgan fingerprint density at radius 2 is 1.80 bits per heavy atom. The highest BCUT2D eigenvalue weighted by Crippen LogP contribution is 2.33. The third kappa shape index (κ3) is 2.67. The zero-order chi connectivity index (χ0) is 15.1. The van der Waals surface area contributed by atoms with Gasteiger partial charge in [-0.1, -0.05) is 18.0 Å². The van der Waals surface area contributed by atoms with E-state index in [9.17, 15) is 8.42 Å². The highest BCUT2D eigenvalue weighted by atomic mass is 35.5. The molecule has 1 heterocycles. The molecule has 0 aromatic heterocycles. The zero-order valence-corrected chi connectivity index (χ0v) is 13.6. The fourth-order valence-corrected chi connectivity index (χ4v) is 5.38. The van der Waals surface area contributed by atoms with Crippen molar-refractivity contribution in [1.29, 1.82) is 0 Å². The second-order valence-corrected chi connectivity index (χ2v) is 7.83. The Hall–Kier alpha value is -0.780. The number of hydrogen-bond donors (Lipinski definition) is 1. The minimum Gasteiger partial charge on any atom is -0.398 e. The van der Waals surface area contributed by atoms with Gasteiger partial charge in [-0.3, -0.25) is 0 Å². The van der Waals surface area contributed by atoms with Gasteiger partial charge in [-0.25, -0.2) is 8.42 Å². The van der Waals surface area contributed by atoms with E-state index in [1.165, 1.54) is 6.07 Å². The van der Waals surface area contributed by atoms with Crippen molar-refractivity contribution in [3.63, 3.8) is 0 Å². The molecule has 1 aliphatic rings. The summed E-state index contributed by atoms with van der Waals surface area (Å²) >= 11 is 5.98. The molecule has 1 aromatic carbocycles. The minimum atomic E-state index is -3.57. The maximum absolute atomic E-state index is 12.9. The lowest BCUT2D eigenvalue weighted by Crippen LogP contribution is -2.47. The molecular weight excluding hydrogens is 296 g/mol. The van der Waals surface area contributed by atoms with Crippen molar-refractivity contribution < 1.29 is 8.42 Å². The highest BCUT2D eigenvalue weighted by Gasteiger charge is 2.36. The van der Waals surface area contributed by atoms with Crippen LogP contribution < -0.4 is 5.73 Å². The Morgan fingerprint density at radius 3 is 2.35 bits per heavy atom. The predicted molar refractivity (Wildman–Crippen MR) is 82.4 cm³/mol. The van der Waals surface area contributed by atoms with Gasteiger partial charge in [0.25, 0.3) is 0 Å². The van der Waals surface area contributed by atoms with Gasteiger partial charge in [0.1, 0.15) is 0 Å². The van der Waals surface area contributed by atoms with Gasteiger partial charge in [-0.05, 0) is 51.3 Å². The van der Waals surface area contributed by atoms with Crippen LogP contribution in [-0.4, -0.2) is 24.8 Å². The summed E-state index contributed by atoms with van der Waals surface area (Å²) in [6.45, 7) is 5.63. The molecule has 0 amide bonds. The molecule has 1 aromatic rings. The number of nitrogens with two attached hydrogens (primary N) is 1. The second-order valence-electron chi connectivity index (χ2n) is 5.58. The molecule has 0 radical (unpaired) electrons. The number of nitrogens with zero attached hydrogens (tertiary/aromatic N) is 1. The topological polar surface area (TPSA) is 63.4 Å². The van der Waals surface area contributed by atoms with Gasteiger partial charge < -0.3 is 5.73 Å². The van der Waals surface area contributed by atoms with Gasteiger partial charge in [0.15, 0.2) is 0 Å². The molecule has 0 bridgehead atoms. The van der Waals surface area contributed by atoms with Gasteiger partial charge >= 0.3 is 0 Å². The first-order chi connectivity index (χ1) is 9.25. The first-order valence-electron chi connectivity index (χ1n) is 6.84. The Labute approximate surface area is 126 Å². The summed E-state index contributed by atoms with van der Waals surface area (Å²) in [6.07, 6.45) is 2.84. The SMILES string of the molecule is Cc1c(N)cc(Cl)cc1S(=O)(=O)N1C(C)CCCC1C. The summed E-state index contributed by atoms with van der Waals surface area (Å²) in [5.74, 6) is 0. The van der Waals surface area contributed by atoms with E-state index in [2.05, 4.69) is 0 Å².